The lowest BCUT2D eigenvalue weighted by molar-refractivity contribution is 0.250. The van der Waals surface area contributed by atoms with Crippen molar-refractivity contribution in [1.82, 2.24) is 5.32 Å². The summed E-state index contributed by atoms with van der Waals surface area (Å²) in [4.78, 5) is 11.6. The SMILES string of the molecule is Cc1ccccc1OCCCNC(=O)Nc1cc(F)ccc1F. The standard InChI is InChI=1S/C17H18F2N2O2/c1-12-5-2-3-6-16(12)23-10-4-9-20-17(22)21-15-11-13(18)7-8-14(15)19/h2-3,5-8,11H,4,9-10H2,1H3,(H2,20,21,22). The van der Waals surface area contributed by atoms with Crippen LogP contribution in [0, 0.1) is 18.6 Å². The van der Waals surface area contributed by atoms with Gasteiger partial charge in [0.05, 0.1) is 12.3 Å². The summed E-state index contributed by atoms with van der Waals surface area (Å²) in [6.45, 7) is 2.75. The summed E-state index contributed by atoms with van der Waals surface area (Å²) in [6, 6.07) is 9.93. The molecule has 0 bridgehead atoms. The largest absolute Gasteiger partial charge is 0.493 e. The highest BCUT2D eigenvalue weighted by molar-refractivity contribution is 5.89. The van der Waals surface area contributed by atoms with Gasteiger partial charge in [0.15, 0.2) is 0 Å². The van der Waals surface area contributed by atoms with E-state index in [2.05, 4.69) is 10.6 Å². The van der Waals surface area contributed by atoms with Crippen LogP contribution in [0.2, 0.25) is 0 Å². The maximum atomic E-state index is 13.4. The highest BCUT2D eigenvalue weighted by Gasteiger charge is 2.07. The molecule has 0 unspecified atom stereocenters. The first-order valence-corrected chi connectivity index (χ1v) is 7.24. The van der Waals surface area contributed by atoms with Gasteiger partial charge in [0, 0.05) is 12.6 Å². The number of nitrogens with one attached hydrogen (secondary N) is 2. The van der Waals surface area contributed by atoms with Crippen molar-refractivity contribution in [1.29, 1.82) is 0 Å². The lowest BCUT2D eigenvalue weighted by atomic mass is 10.2. The number of anilines is 1. The molecule has 4 nitrogen and oxygen atoms in total. The number of urea groups is 1. The number of para-hydroxylation sites is 1. The summed E-state index contributed by atoms with van der Waals surface area (Å²) >= 11 is 0. The summed E-state index contributed by atoms with van der Waals surface area (Å²) in [5.41, 5.74) is 0.846. The van der Waals surface area contributed by atoms with E-state index < -0.39 is 17.7 Å². The number of ether oxygens (including phenoxy) is 1. The molecule has 2 aromatic carbocycles. The number of halogens is 2. The van der Waals surface area contributed by atoms with Crippen molar-refractivity contribution in [2.45, 2.75) is 13.3 Å². The molecule has 0 fully saturated rings. The molecule has 0 spiro atoms. The summed E-state index contributed by atoms with van der Waals surface area (Å²) < 4.78 is 31.9. The van der Waals surface area contributed by atoms with Gasteiger partial charge in [-0.1, -0.05) is 18.2 Å². The van der Waals surface area contributed by atoms with Crippen LogP contribution in [-0.2, 0) is 0 Å². The number of hydrogen-bond acceptors (Lipinski definition) is 2. The van der Waals surface area contributed by atoms with Gasteiger partial charge in [0.2, 0.25) is 0 Å². The number of carbonyl (C=O) groups is 1. The smallest absolute Gasteiger partial charge is 0.319 e. The molecule has 122 valence electrons. The molecular weight excluding hydrogens is 302 g/mol. The number of carbonyl (C=O) groups excluding carboxylic acids is 1. The zero-order valence-corrected chi connectivity index (χ0v) is 12.7. The lowest BCUT2D eigenvalue weighted by Crippen LogP contribution is -2.30. The lowest BCUT2D eigenvalue weighted by Gasteiger charge is -2.10. The Morgan fingerprint density at radius 1 is 1.17 bits per heavy atom. The molecule has 23 heavy (non-hydrogen) atoms. The Kier molecular flexibility index (Phi) is 5.91. The maximum Gasteiger partial charge on any atom is 0.319 e. The fourth-order valence-corrected chi connectivity index (χ4v) is 1.93. The normalized spacial score (nSPS) is 10.2. The molecule has 6 heteroatoms. The summed E-state index contributed by atoms with van der Waals surface area (Å²) in [5.74, 6) is -0.503. The Morgan fingerprint density at radius 3 is 2.74 bits per heavy atom. The van der Waals surface area contributed by atoms with Crippen molar-refractivity contribution < 1.29 is 18.3 Å². The third kappa shape index (κ3) is 5.25. The van der Waals surface area contributed by atoms with Gasteiger partial charge in [-0.2, -0.15) is 0 Å². The first-order chi connectivity index (χ1) is 11.1. The topological polar surface area (TPSA) is 50.4 Å². The Balaban J connectivity index is 1.69. The molecule has 0 heterocycles. The Labute approximate surface area is 133 Å². The zero-order chi connectivity index (χ0) is 16.7. The number of rotatable bonds is 6. The van der Waals surface area contributed by atoms with E-state index in [1.807, 2.05) is 31.2 Å². The monoisotopic (exact) mass is 320 g/mol. The highest BCUT2D eigenvalue weighted by Crippen LogP contribution is 2.16. The van der Waals surface area contributed by atoms with E-state index in [9.17, 15) is 13.6 Å². The van der Waals surface area contributed by atoms with Crippen LogP contribution in [0.25, 0.3) is 0 Å². The van der Waals surface area contributed by atoms with E-state index in [0.717, 1.165) is 29.5 Å². The van der Waals surface area contributed by atoms with E-state index in [4.69, 9.17) is 4.74 Å². The molecule has 0 atom stereocenters. The molecule has 0 aliphatic heterocycles. The van der Waals surface area contributed by atoms with Crippen LogP contribution < -0.4 is 15.4 Å². The molecular formula is C17H18F2N2O2. The van der Waals surface area contributed by atoms with Crippen LogP contribution in [-0.4, -0.2) is 19.2 Å². The second-order valence-electron chi connectivity index (χ2n) is 4.97. The molecule has 0 radical (unpaired) electrons. The average molecular weight is 320 g/mol. The molecule has 0 aliphatic carbocycles. The van der Waals surface area contributed by atoms with Gasteiger partial charge in [-0.15, -0.1) is 0 Å². The second-order valence-corrected chi connectivity index (χ2v) is 4.97. The van der Waals surface area contributed by atoms with Crippen LogP contribution in [0.5, 0.6) is 5.75 Å². The van der Waals surface area contributed by atoms with E-state index in [1.54, 1.807) is 0 Å². The van der Waals surface area contributed by atoms with Gasteiger partial charge >= 0.3 is 6.03 Å². The third-order valence-electron chi connectivity index (χ3n) is 3.13. The van der Waals surface area contributed by atoms with Gasteiger partial charge in [0.25, 0.3) is 0 Å². The van der Waals surface area contributed by atoms with Crippen LogP contribution in [0.15, 0.2) is 42.5 Å². The van der Waals surface area contributed by atoms with E-state index in [0.29, 0.717) is 19.6 Å². The number of hydrogen-bond donors (Lipinski definition) is 2. The Morgan fingerprint density at radius 2 is 1.96 bits per heavy atom. The van der Waals surface area contributed by atoms with Crippen molar-refractivity contribution >= 4 is 11.7 Å². The minimum Gasteiger partial charge on any atom is -0.493 e. The Hall–Kier alpha value is -2.63. The zero-order valence-electron chi connectivity index (χ0n) is 12.7. The van der Waals surface area contributed by atoms with E-state index >= 15 is 0 Å². The van der Waals surface area contributed by atoms with Crippen molar-refractivity contribution in [3.63, 3.8) is 0 Å². The van der Waals surface area contributed by atoms with Crippen LogP contribution in [0.4, 0.5) is 19.3 Å². The van der Waals surface area contributed by atoms with Crippen LogP contribution in [0.3, 0.4) is 0 Å². The van der Waals surface area contributed by atoms with E-state index in [-0.39, 0.29) is 5.69 Å². The molecule has 0 saturated carbocycles. The number of amides is 2. The average Bonchev–Trinajstić information content (AvgIpc) is 2.52. The van der Waals surface area contributed by atoms with Crippen molar-refractivity contribution in [3.05, 3.63) is 59.7 Å². The molecule has 2 aromatic rings. The molecule has 2 amide bonds. The summed E-state index contributed by atoms with van der Waals surface area (Å²) in [6.07, 6.45) is 0.591. The molecule has 0 saturated heterocycles. The summed E-state index contributed by atoms with van der Waals surface area (Å²) in [5, 5.41) is 4.82. The third-order valence-corrected chi connectivity index (χ3v) is 3.13. The van der Waals surface area contributed by atoms with Gasteiger partial charge in [-0.3, -0.25) is 0 Å². The van der Waals surface area contributed by atoms with Crippen molar-refractivity contribution in [3.8, 4) is 5.75 Å². The maximum absolute atomic E-state index is 13.4. The molecule has 2 rings (SSSR count). The molecule has 2 N–H and O–H groups in total. The van der Waals surface area contributed by atoms with Gasteiger partial charge in [-0.25, -0.2) is 13.6 Å². The van der Waals surface area contributed by atoms with Gasteiger partial charge in [0.1, 0.15) is 17.4 Å². The van der Waals surface area contributed by atoms with Gasteiger partial charge in [-0.05, 0) is 37.1 Å². The van der Waals surface area contributed by atoms with E-state index in [1.165, 1.54) is 0 Å². The fraction of sp³-hybridized carbons (Fsp3) is 0.235. The van der Waals surface area contributed by atoms with Crippen LogP contribution >= 0.6 is 0 Å². The number of benzene rings is 2. The Bertz CT molecular complexity index is 677. The summed E-state index contributed by atoms with van der Waals surface area (Å²) in [7, 11) is 0. The second kappa shape index (κ2) is 8.12. The quantitative estimate of drug-likeness (QED) is 0.794. The predicted molar refractivity (Wildman–Crippen MR) is 84.7 cm³/mol. The van der Waals surface area contributed by atoms with Crippen molar-refractivity contribution in [2.75, 3.05) is 18.5 Å². The molecule has 0 aliphatic rings. The predicted octanol–water partition coefficient (Wildman–Crippen LogP) is 3.86. The first-order valence-electron chi connectivity index (χ1n) is 7.24. The van der Waals surface area contributed by atoms with Crippen molar-refractivity contribution in [2.24, 2.45) is 0 Å². The minimum atomic E-state index is -0.690. The minimum absolute atomic E-state index is 0.196. The molecule has 0 aromatic heterocycles. The van der Waals surface area contributed by atoms with Crippen LogP contribution in [0.1, 0.15) is 12.0 Å². The van der Waals surface area contributed by atoms with Gasteiger partial charge < -0.3 is 15.4 Å². The number of aryl methyl sites for hydroxylation is 1. The fourth-order valence-electron chi connectivity index (χ4n) is 1.93. The first kappa shape index (κ1) is 16.7. The highest BCUT2D eigenvalue weighted by atomic mass is 19.1.